The number of rotatable bonds is 4. The first-order chi connectivity index (χ1) is 8.99. The molecule has 2 unspecified atom stereocenters. The average molecular weight is 298 g/mol. The minimum Gasteiger partial charge on any atom is -0.337 e. The summed E-state index contributed by atoms with van der Waals surface area (Å²) in [7, 11) is 1.99. The third-order valence-electron chi connectivity index (χ3n) is 3.17. The molecule has 1 heterocycles. The smallest absolute Gasteiger partial charge is 0.125 e. The molecule has 5 heteroatoms. The quantitative estimate of drug-likeness (QED) is 0.919. The first-order valence-electron chi connectivity index (χ1n) is 6.17. The van der Waals surface area contributed by atoms with Crippen LogP contribution in [-0.4, -0.2) is 9.55 Å². The highest BCUT2D eigenvalue weighted by Gasteiger charge is 2.16. The Balaban J connectivity index is 2.13. The topological polar surface area (TPSA) is 29.9 Å². The monoisotopic (exact) mass is 297 g/mol. The van der Waals surface area contributed by atoms with Gasteiger partial charge in [-0.3, -0.25) is 0 Å². The van der Waals surface area contributed by atoms with Crippen LogP contribution in [0.2, 0.25) is 10.0 Å². The van der Waals surface area contributed by atoms with E-state index in [1.807, 2.05) is 29.9 Å². The predicted octanol–water partition coefficient (Wildman–Crippen LogP) is 4.14. The molecule has 2 aromatic rings. The highest BCUT2D eigenvalue weighted by molar-refractivity contribution is 6.35. The van der Waals surface area contributed by atoms with E-state index in [2.05, 4.69) is 24.1 Å². The number of aromatic nitrogens is 2. The van der Waals surface area contributed by atoms with Gasteiger partial charge in [0.05, 0.1) is 6.04 Å². The maximum absolute atomic E-state index is 6.22. The second-order valence-corrected chi connectivity index (χ2v) is 5.52. The molecule has 1 aromatic heterocycles. The van der Waals surface area contributed by atoms with Crippen LogP contribution in [0.15, 0.2) is 30.6 Å². The van der Waals surface area contributed by atoms with Crippen molar-refractivity contribution >= 4 is 23.2 Å². The number of hydrogen-bond acceptors (Lipinski definition) is 2. The molecule has 0 bridgehead atoms. The maximum atomic E-state index is 6.22. The van der Waals surface area contributed by atoms with Gasteiger partial charge in [0.15, 0.2) is 0 Å². The first kappa shape index (κ1) is 14.4. The number of halogens is 2. The summed E-state index contributed by atoms with van der Waals surface area (Å²) in [6.07, 6.45) is 3.74. The zero-order valence-corrected chi connectivity index (χ0v) is 12.7. The molecule has 3 nitrogen and oxygen atoms in total. The van der Waals surface area contributed by atoms with Crippen molar-refractivity contribution in [1.29, 1.82) is 0 Å². The molecule has 19 heavy (non-hydrogen) atoms. The van der Waals surface area contributed by atoms with E-state index in [9.17, 15) is 0 Å². The molecule has 0 saturated carbocycles. The normalized spacial score (nSPS) is 14.4. The summed E-state index contributed by atoms with van der Waals surface area (Å²) in [5.74, 6) is 0.997. The van der Waals surface area contributed by atoms with Crippen molar-refractivity contribution in [2.24, 2.45) is 7.05 Å². The zero-order valence-electron chi connectivity index (χ0n) is 11.2. The Labute approximate surface area is 123 Å². The summed E-state index contributed by atoms with van der Waals surface area (Å²) >= 11 is 12.1. The third kappa shape index (κ3) is 3.30. The molecular weight excluding hydrogens is 281 g/mol. The number of nitrogens with one attached hydrogen (secondary N) is 1. The van der Waals surface area contributed by atoms with Crippen LogP contribution in [0.3, 0.4) is 0 Å². The second-order valence-electron chi connectivity index (χ2n) is 4.67. The van der Waals surface area contributed by atoms with Crippen molar-refractivity contribution in [3.8, 4) is 0 Å². The van der Waals surface area contributed by atoms with Crippen LogP contribution in [-0.2, 0) is 7.05 Å². The Morgan fingerprint density at radius 3 is 2.53 bits per heavy atom. The van der Waals surface area contributed by atoms with E-state index in [0.29, 0.717) is 10.0 Å². The summed E-state index contributed by atoms with van der Waals surface area (Å²) in [5, 5.41) is 4.82. The van der Waals surface area contributed by atoms with Crippen LogP contribution in [0.25, 0.3) is 0 Å². The molecule has 0 spiro atoms. The molecule has 0 radical (unpaired) electrons. The van der Waals surface area contributed by atoms with Gasteiger partial charge in [-0.05, 0) is 31.5 Å². The number of aryl methyl sites for hydroxylation is 1. The van der Waals surface area contributed by atoms with E-state index in [0.717, 1.165) is 11.4 Å². The molecule has 2 atom stereocenters. The summed E-state index contributed by atoms with van der Waals surface area (Å²) in [6, 6.07) is 5.83. The standard InChI is InChI=1S/C14H17Cl2N3/c1-9(12-5-4-11(15)8-13(12)16)18-10(2)14-17-6-7-19(14)3/h4-10,18H,1-3H3. The lowest BCUT2D eigenvalue weighted by molar-refractivity contribution is 0.467. The van der Waals surface area contributed by atoms with Gasteiger partial charge in [-0.1, -0.05) is 29.3 Å². The Morgan fingerprint density at radius 2 is 1.95 bits per heavy atom. The number of imidazole rings is 1. The summed E-state index contributed by atoms with van der Waals surface area (Å²) in [6.45, 7) is 4.16. The van der Waals surface area contributed by atoms with Gasteiger partial charge in [0, 0.05) is 35.5 Å². The lowest BCUT2D eigenvalue weighted by Gasteiger charge is -2.21. The Kier molecular flexibility index (Phi) is 4.50. The lowest BCUT2D eigenvalue weighted by Crippen LogP contribution is -2.24. The van der Waals surface area contributed by atoms with Gasteiger partial charge in [0.2, 0.25) is 0 Å². The Morgan fingerprint density at radius 1 is 1.21 bits per heavy atom. The summed E-state index contributed by atoms with van der Waals surface area (Å²) in [4.78, 5) is 4.35. The molecule has 0 amide bonds. The van der Waals surface area contributed by atoms with E-state index >= 15 is 0 Å². The van der Waals surface area contributed by atoms with Gasteiger partial charge in [0.1, 0.15) is 5.82 Å². The number of hydrogen-bond donors (Lipinski definition) is 1. The molecule has 0 aliphatic heterocycles. The molecule has 0 aliphatic rings. The number of nitrogens with zero attached hydrogens (tertiary/aromatic N) is 2. The van der Waals surface area contributed by atoms with Crippen LogP contribution in [0.5, 0.6) is 0 Å². The van der Waals surface area contributed by atoms with Crippen molar-refractivity contribution in [2.75, 3.05) is 0 Å². The van der Waals surface area contributed by atoms with E-state index < -0.39 is 0 Å². The zero-order chi connectivity index (χ0) is 14.0. The van der Waals surface area contributed by atoms with E-state index in [-0.39, 0.29) is 12.1 Å². The van der Waals surface area contributed by atoms with Gasteiger partial charge in [0.25, 0.3) is 0 Å². The number of benzene rings is 1. The van der Waals surface area contributed by atoms with Gasteiger partial charge >= 0.3 is 0 Å². The highest BCUT2D eigenvalue weighted by atomic mass is 35.5. The Hall–Kier alpha value is -1.03. The van der Waals surface area contributed by atoms with Crippen molar-refractivity contribution in [1.82, 2.24) is 14.9 Å². The molecule has 1 aromatic carbocycles. The molecule has 102 valence electrons. The van der Waals surface area contributed by atoms with Gasteiger partial charge in [-0.2, -0.15) is 0 Å². The molecule has 0 saturated heterocycles. The van der Waals surface area contributed by atoms with Gasteiger partial charge in [-0.15, -0.1) is 0 Å². The molecule has 0 aliphatic carbocycles. The van der Waals surface area contributed by atoms with E-state index in [4.69, 9.17) is 23.2 Å². The second kappa shape index (κ2) is 5.95. The van der Waals surface area contributed by atoms with Crippen LogP contribution in [0.1, 0.15) is 37.3 Å². The van der Waals surface area contributed by atoms with Crippen molar-refractivity contribution < 1.29 is 0 Å². The van der Waals surface area contributed by atoms with Crippen LogP contribution >= 0.6 is 23.2 Å². The fourth-order valence-electron chi connectivity index (χ4n) is 2.19. The minimum absolute atomic E-state index is 0.122. The largest absolute Gasteiger partial charge is 0.337 e. The fourth-order valence-corrected chi connectivity index (χ4v) is 2.76. The van der Waals surface area contributed by atoms with E-state index in [1.165, 1.54) is 0 Å². The minimum atomic E-state index is 0.122. The summed E-state index contributed by atoms with van der Waals surface area (Å²) in [5.41, 5.74) is 1.03. The molecule has 2 rings (SSSR count). The lowest BCUT2D eigenvalue weighted by atomic mass is 10.1. The van der Waals surface area contributed by atoms with Crippen LogP contribution in [0.4, 0.5) is 0 Å². The average Bonchev–Trinajstić information content (AvgIpc) is 2.75. The van der Waals surface area contributed by atoms with Gasteiger partial charge < -0.3 is 9.88 Å². The van der Waals surface area contributed by atoms with Gasteiger partial charge in [-0.25, -0.2) is 4.98 Å². The van der Waals surface area contributed by atoms with Crippen molar-refractivity contribution in [3.05, 3.63) is 52.0 Å². The Bertz CT molecular complexity index is 566. The fraction of sp³-hybridized carbons (Fsp3) is 0.357. The maximum Gasteiger partial charge on any atom is 0.125 e. The van der Waals surface area contributed by atoms with Crippen LogP contribution in [0, 0.1) is 0 Å². The predicted molar refractivity (Wildman–Crippen MR) is 79.6 cm³/mol. The van der Waals surface area contributed by atoms with Crippen LogP contribution < -0.4 is 5.32 Å². The van der Waals surface area contributed by atoms with E-state index in [1.54, 1.807) is 12.3 Å². The molecular formula is C14H17Cl2N3. The van der Waals surface area contributed by atoms with Crippen molar-refractivity contribution in [2.45, 2.75) is 25.9 Å². The summed E-state index contributed by atoms with van der Waals surface area (Å²) < 4.78 is 2.01. The molecule has 1 N–H and O–H groups in total. The van der Waals surface area contributed by atoms with Crippen molar-refractivity contribution in [3.63, 3.8) is 0 Å². The highest BCUT2D eigenvalue weighted by Crippen LogP contribution is 2.27. The molecule has 0 fully saturated rings. The first-order valence-corrected chi connectivity index (χ1v) is 6.93. The SMILES string of the molecule is CC(NC(C)c1nccn1C)c1ccc(Cl)cc1Cl. The third-order valence-corrected chi connectivity index (χ3v) is 3.74.